The number of ether oxygens (including phenoxy) is 2. The van der Waals surface area contributed by atoms with Crippen LogP contribution in [0.2, 0.25) is 0 Å². The van der Waals surface area contributed by atoms with Crippen molar-refractivity contribution in [3.63, 3.8) is 0 Å². The molecule has 0 radical (unpaired) electrons. The van der Waals surface area contributed by atoms with E-state index in [0.29, 0.717) is 40.7 Å². The highest BCUT2D eigenvalue weighted by molar-refractivity contribution is 8.05. The number of nitrogens with zero attached hydrogens (tertiary/aromatic N) is 1. The zero-order chi connectivity index (χ0) is 19.0. The quantitative estimate of drug-likeness (QED) is 0.724. The topological polar surface area (TPSA) is 50.8 Å². The molecule has 2 atom stereocenters. The molecule has 0 bridgehead atoms. The molecule has 0 aliphatic carbocycles. The number of thioether (sulfide) groups is 1. The van der Waals surface area contributed by atoms with Crippen LogP contribution in [0.25, 0.3) is 0 Å². The van der Waals surface area contributed by atoms with E-state index in [1.807, 2.05) is 12.1 Å². The molecule has 0 spiro atoms. The standard InChI is InChI=1S/C20H14ClFN2O3S/c21-17-5-4-10(28-17)8-24-14-3-1-2-12-18(14)20(22,19(24)25)11-6-15-16(27-9-26-15)7-13(11)23-12/h1-4,6-7,17,23H,5,8-9H2. The predicted octanol–water partition coefficient (Wildman–Crippen LogP) is 4.62. The van der Waals surface area contributed by atoms with Gasteiger partial charge in [-0.25, -0.2) is 4.39 Å². The first-order valence-electron chi connectivity index (χ1n) is 8.91. The fourth-order valence-electron chi connectivity index (χ4n) is 4.26. The third-order valence-corrected chi connectivity index (χ3v) is 6.99. The van der Waals surface area contributed by atoms with Crippen molar-refractivity contribution in [3.8, 4) is 11.5 Å². The normalized spacial score (nSPS) is 26.1. The van der Waals surface area contributed by atoms with Crippen molar-refractivity contribution in [1.82, 2.24) is 0 Å². The third kappa shape index (κ3) is 2.06. The summed E-state index contributed by atoms with van der Waals surface area (Å²) in [5.41, 5.74) is 0.0371. The summed E-state index contributed by atoms with van der Waals surface area (Å²) in [5.74, 6) is 0.400. The maximum atomic E-state index is 16.6. The molecule has 6 rings (SSSR count). The number of hydrogen-bond acceptors (Lipinski definition) is 5. The number of rotatable bonds is 2. The number of amides is 1. The highest BCUT2D eigenvalue weighted by atomic mass is 35.5. The summed E-state index contributed by atoms with van der Waals surface area (Å²) < 4.78 is 27.4. The van der Waals surface area contributed by atoms with Crippen molar-refractivity contribution in [2.24, 2.45) is 0 Å². The van der Waals surface area contributed by atoms with Gasteiger partial charge in [0.2, 0.25) is 12.5 Å². The third-order valence-electron chi connectivity index (χ3n) is 5.49. The zero-order valence-electron chi connectivity index (χ0n) is 14.5. The molecule has 0 aromatic heterocycles. The lowest BCUT2D eigenvalue weighted by molar-refractivity contribution is -0.126. The van der Waals surface area contributed by atoms with Gasteiger partial charge in [0.15, 0.2) is 11.5 Å². The van der Waals surface area contributed by atoms with Crippen LogP contribution in [0.3, 0.4) is 0 Å². The number of anilines is 3. The molecule has 0 saturated carbocycles. The molecule has 2 aromatic carbocycles. The SMILES string of the molecule is O=C1N(CC2=CCC(Cl)S2)c2cccc3c2C1(F)c1cc2c(cc1N3)OCO2. The monoisotopic (exact) mass is 416 g/mol. The van der Waals surface area contributed by atoms with E-state index in [1.54, 1.807) is 24.3 Å². The molecule has 1 N–H and O–H groups in total. The van der Waals surface area contributed by atoms with E-state index < -0.39 is 11.6 Å². The number of benzene rings is 2. The second kappa shape index (κ2) is 5.58. The molecule has 28 heavy (non-hydrogen) atoms. The Morgan fingerprint density at radius 3 is 2.89 bits per heavy atom. The second-order valence-corrected chi connectivity index (χ2v) is 9.17. The molecule has 8 heteroatoms. The average molecular weight is 417 g/mol. The lowest BCUT2D eigenvalue weighted by atomic mass is 9.84. The van der Waals surface area contributed by atoms with Gasteiger partial charge < -0.3 is 19.7 Å². The average Bonchev–Trinajstić information content (AvgIpc) is 3.36. The first kappa shape index (κ1) is 16.6. The minimum Gasteiger partial charge on any atom is -0.454 e. The van der Waals surface area contributed by atoms with Crippen molar-refractivity contribution < 1.29 is 18.7 Å². The number of nitrogens with one attached hydrogen (secondary N) is 1. The number of fused-ring (bicyclic) bond motifs is 3. The minimum atomic E-state index is -2.27. The smallest absolute Gasteiger partial charge is 0.274 e. The molecule has 0 saturated heterocycles. The van der Waals surface area contributed by atoms with Gasteiger partial charge in [-0.05, 0) is 24.6 Å². The molecule has 0 fully saturated rings. The fraction of sp³-hybridized carbons (Fsp3) is 0.250. The first-order chi connectivity index (χ1) is 13.6. The Balaban J connectivity index is 1.51. The number of hydrogen-bond donors (Lipinski definition) is 1. The van der Waals surface area contributed by atoms with Gasteiger partial charge in [-0.1, -0.05) is 12.1 Å². The number of carbonyl (C=O) groups is 1. The van der Waals surface area contributed by atoms with E-state index in [1.165, 1.54) is 16.7 Å². The lowest BCUT2D eigenvalue weighted by Crippen LogP contribution is -2.40. The summed E-state index contributed by atoms with van der Waals surface area (Å²) in [7, 11) is 0. The summed E-state index contributed by atoms with van der Waals surface area (Å²) >= 11 is 7.68. The van der Waals surface area contributed by atoms with Crippen LogP contribution < -0.4 is 19.7 Å². The van der Waals surface area contributed by atoms with Crippen LogP contribution in [-0.4, -0.2) is 24.0 Å². The lowest BCUT2D eigenvalue weighted by Gasteiger charge is -2.29. The summed E-state index contributed by atoms with van der Waals surface area (Å²) in [6, 6.07) is 8.67. The Labute approximate surface area is 169 Å². The highest BCUT2D eigenvalue weighted by Crippen LogP contribution is 2.58. The Morgan fingerprint density at radius 2 is 2.11 bits per heavy atom. The number of halogens is 2. The van der Waals surface area contributed by atoms with E-state index in [2.05, 4.69) is 5.32 Å². The first-order valence-corrected chi connectivity index (χ1v) is 10.2. The molecular weight excluding hydrogens is 403 g/mol. The van der Waals surface area contributed by atoms with Gasteiger partial charge in [0, 0.05) is 27.9 Å². The molecule has 4 aliphatic rings. The van der Waals surface area contributed by atoms with Crippen LogP contribution in [0.15, 0.2) is 41.3 Å². The van der Waals surface area contributed by atoms with Crippen LogP contribution in [0.4, 0.5) is 21.5 Å². The van der Waals surface area contributed by atoms with Crippen molar-refractivity contribution in [2.45, 2.75) is 16.8 Å². The summed E-state index contributed by atoms with van der Waals surface area (Å²) in [6.07, 6.45) is 2.76. The Kier molecular flexibility index (Phi) is 3.30. The van der Waals surface area contributed by atoms with Crippen LogP contribution in [0.5, 0.6) is 11.5 Å². The molecule has 142 valence electrons. The number of allylic oxidation sites excluding steroid dienone is 1. The fourth-order valence-corrected chi connectivity index (χ4v) is 5.61. The van der Waals surface area contributed by atoms with Crippen molar-refractivity contribution >= 4 is 46.3 Å². The summed E-state index contributed by atoms with van der Waals surface area (Å²) in [6.45, 7) is 0.398. The maximum Gasteiger partial charge on any atom is 0.274 e. The van der Waals surface area contributed by atoms with E-state index in [0.717, 1.165) is 11.3 Å². The number of alkyl halides is 2. The van der Waals surface area contributed by atoms with Gasteiger partial charge in [-0.3, -0.25) is 4.79 Å². The molecular formula is C20H14ClFN2O3S. The van der Waals surface area contributed by atoms with Crippen LogP contribution in [0.1, 0.15) is 17.5 Å². The second-order valence-electron chi connectivity index (χ2n) is 7.06. The van der Waals surface area contributed by atoms with Crippen molar-refractivity contribution in [3.05, 3.63) is 52.4 Å². The van der Waals surface area contributed by atoms with E-state index in [-0.39, 0.29) is 17.1 Å². The van der Waals surface area contributed by atoms with Crippen molar-refractivity contribution in [1.29, 1.82) is 0 Å². The van der Waals surface area contributed by atoms with Crippen LogP contribution >= 0.6 is 23.4 Å². The van der Waals surface area contributed by atoms with Gasteiger partial charge in [0.25, 0.3) is 5.91 Å². The number of carbonyl (C=O) groups excluding carboxylic acids is 1. The zero-order valence-corrected chi connectivity index (χ0v) is 16.1. The molecule has 2 unspecified atom stereocenters. The molecule has 4 heterocycles. The van der Waals surface area contributed by atoms with Gasteiger partial charge in [-0.15, -0.1) is 23.4 Å². The van der Waals surface area contributed by atoms with Crippen LogP contribution in [0, 0.1) is 0 Å². The van der Waals surface area contributed by atoms with E-state index in [4.69, 9.17) is 21.1 Å². The molecule has 2 aromatic rings. The molecule has 4 aliphatic heterocycles. The molecule has 5 nitrogen and oxygen atoms in total. The van der Waals surface area contributed by atoms with Crippen molar-refractivity contribution in [2.75, 3.05) is 23.6 Å². The Morgan fingerprint density at radius 1 is 1.29 bits per heavy atom. The van der Waals surface area contributed by atoms with Crippen LogP contribution in [-0.2, 0) is 10.5 Å². The predicted molar refractivity (Wildman–Crippen MR) is 106 cm³/mol. The van der Waals surface area contributed by atoms with Gasteiger partial charge in [0.05, 0.1) is 22.5 Å². The highest BCUT2D eigenvalue weighted by Gasteiger charge is 2.57. The Bertz CT molecular complexity index is 1090. The molecule has 1 amide bonds. The van der Waals surface area contributed by atoms with E-state index in [9.17, 15) is 4.79 Å². The van der Waals surface area contributed by atoms with Gasteiger partial charge in [-0.2, -0.15) is 0 Å². The van der Waals surface area contributed by atoms with Gasteiger partial charge in [0.1, 0.15) is 0 Å². The summed E-state index contributed by atoms with van der Waals surface area (Å²) in [4.78, 5) is 15.9. The largest absolute Gasteiger partial charge is 0.454 e. The van der Waals surface area contributed by atoms with Gasteiger partial charge >= 0.3 is 0 Å². The van der Waals surface area contributed by atoms with E-state index >= 15 is 4.39 Å². The Hall–Kier alpha value is -2.38. The minimum absolute atomic E-state index is 0.0357. The summed E-state index contributed by atoms with van der Waals surface area (Å²) in [5, 5.41) is 3.25. The maximum absolute atomic E-state index is 16.6.